The monoisotopic (exact) mass is 362 g/mol. The summed E-state index contributed by atoms with van der Waals surface area (Å²) in [6, 6.07) is 0.484. The zero-order chi connectivity index (χ0) is 19.3. The molecule has 0 amide bonds. The van der Waals surface area contributed by atoms with Gasteiger partial charge in [0.25, 0.3) is 0 Å². The summed E-state index contributed by atoms with van der Waals surface area (Å²) in [5, 5.41) is 3.89. The Kier molecular flexibility index (Phi) is 6.97. The van der Waals surface area contributed by atoms with Gasteiger partial charge in [-0.05, 0) is 52.1 Å². The van der Waals surface area contributed by atoms with Crippen molar-refractivity contribution in [3.63, 3.8) is 0 Å². The number of hydrogen-bond donors (Lipinski definition) is 2. The number of carbonyl (C=O) groups excluding carboxylic acids is 2. The van der Waals surface area contributed by atoms with E-state index in [0.29, 0.717) is 41.8 Å². The lowest BCUT2D eigenvalue weighted by Crippen LogP contribution is -2.42. The summed E-state index contributed by atoms with van der Waals surface area (Å²) >= 11 is 0. The minimum absolute atomic E-state index is 0.0477. The van der Waals surface area contributed by atoms with Gasteiger partial charge in [0, 0.05) is 17.3 Å². The van der Waals surface area contributed by atoms with Crippen LogP contribution in [0.2, 0.25) is 0 Å². The van der Waals surface area contributed by atoms with Gasteiger partial charge >= 0.3 is 0 Å². The van der Waals surface area contributed by atoms with Gasteiger partial charge in [-0.2, -0.15) is 0 Å². The van der Waals surface area contributed by atoms with Gasteiger partial charge in [0.15, 0.2) is 18.2 Å². The second kappa shape index (κ2) is 8.98. The van der Waals surface area contributed by atoms with E-state index in [1.165, 1.54) is 19.8 Å². The van der Waals surface area contributed by atoms with Crippen LogP contribution in [0, 0.1) is 6.92 Å². The van der Waals surface area contributed by atoms with Crippen LogP contribution in [0.15, 0.2) is 5.16 Å². The van der Waals surface area contributed by atoms with Crippen molar-refractivity contribution in [1.82, 2.24) is 9.88 Å². The minimum Gasteiger partial charge on any atom is -0.386 e. The highest BCUT2D eigenvalue weighted by Crippen LogP contribution is 2.21. The summed E-state index contributed by atoms with van der Waals surface area (Å²) < 4.78 is 0. The number of piperidine rings is 1. The molecule has 0 aliphatic carbocycles. The lowest BCUT2D eigenvalue weighted by molar-refractivity contribution is 0.0765. The lowest BCUT2D eigenvalue weighted by Gasteiger charge is -2.32. The molecule has 26 heavy (non-hydrogen) atoms. The number of ketones is 2. The molecule has 1 fully saturated rings. The van der Waals surface area contributed by atoms with Crippen molar-refractivity contribution in [3.05, 3.63) is 22.5 Å². The standard InChI is InChI=1S/C19H30N4O3/c1-5-15-18(14(4)24)13(3)21-19(15)16(25)11-26-22-17(20)10-23-9-7-6-8-12(23)2/h12,21H,5-11H2,1-4H3,(H2,20,22). The van der Waals surface area contributed by atoms with Crippen LogP contribution in [0.3, 0.4) is 0 Å². The summed E-state index contributed by atoms with van der Waals surface area (Å²) in [6.07, 6.45) is 4.17. The van der Waals surface area contributed by atoms with Crippen molar-refractivity contribution < 1.29 is 14.4 Å². The summed E-state index contributed by atoms with van der Waals surface area (Å²) in [7, 11) is 0. The summed E-state index contributed by atoms with van der Waals surface area (Å²) in [5.74, 6) is 0.0863. The molecular weight excluding hydrogens is 332 g/mol. The van der Waals surface area contributed by atoms with Gasteiger partial charge < -0.3 is 15.6 Å². The normalized spacial score (nSPS) is 18.8. The average molecular weight is 362 g/mol. The lowest BCUT2D eigenvalue weighted by atomic mass is 10.0. The fraction of sp³-hybridized carbons (Fsp3) is 0.632. The number of likely N-dealkylation sites (tertiary alicyclic amines) is 1. The molecular formula is C19H30N4O3. The summed E-state index contributed by atoms with van der Waals surface area (Å²) in [4.78, 5) is 34.7. The number of nitrogens with two attached hydrogens (primary N) is 1. The predicted molar refractivity (Wildman–Crippen MR) is 102 cm³/mol. The number of oxime groups is 1. The molecule has 1 atom stereocenters. The second-order valence-corrected chi connectivity index (χ2v) is 6.98. The van der Waals surface area contributed by atoms with Crippen molar-refractivity contribution in [2.45, 2.75) is 59.4 Å². The number of nitrogens with zero attached hydrogens (tertiary/aromatic N) is 2. The molecule has 2 rings (SSSR count). The zero-order valence-electron chi connectivity index (χ0n) is 16.2. The van der Waals surface area contributed by atoms with Crippen LogP contribution in [0.25, 0.3) is 0 Å². The number of nitrogens with one attached hydrogen (secondary N) is 1. The molecule has 1 aliphatic heterocycles. The maximum atomic E-state index is 12.4. The number of rotatable bonds is 8. The Labute approximate surface area is 154 Å². The predicted octanol–water partition coefficient (Wildman–Crippen LogP) is 2.43. The van der Waals surface area contributed by atoms with E-state index in [2.05, 4.69) is 22.0 Å². The molecule has 1 aliphatic rings. The number of aromatic nitrogens is 1. The Hall–Kier alpha value is -2.15. The first kappa shape index (κ1) is 20.2. The average Bonchev–Trinajstić information content (AvgIpc) is 2.93. The number of hydrogen-bond acceptors (Lipinski definition) is 5. The summed E-state index contributed by atoms with van der Waals surface area (Å²) in [5.41, 5.74) is 8.40. The molecule has 1 aromatic heterocycles. The van der Waals surface area contributed by atoms with Crippen LogP contribution in [-0.4, -0.2) is 53.0 Å². The molecule has 7 heteroatoms. The fourth-order valence-corrected chi connectivity index (χ4v) is 3.62. The Morgan fingerprint density at radius 1 is 1.38 bits per heavy atom. The molecule has 0 radical (unpaired) electrons. The third-order valence-electron chi connectivity index (χ3n) is 4.96. The second-order valence-electron chi connectivity index (χ2n) is 6.98. The molecule has 1 saturated heterocycles. The molecule has 144 valence electrons. The van der Waals surface area contributed by atoms with Crippen LogP contribution in [0.5, 0.6) is 0 Å². The molecule has 0 spiro atoms. The van der Waals surface area contributed by atoms with Crippen LogP contribution in [0.1, 0.15) is 72.1 Å². The van der Waals surface area contributed by atoms with Crippen LogP contribution >= 0.6 is 0 Å². The van der Waals surface area contributed by atoms with Gasteiger partial charge in [-0.25, -0.2) is 0 Å². The van der Waals surface area contributed by atoms with Crippen LogP contribution < -0.4 is 5.73 Å². The third kappa shape index (κ3) is 4.72. The van der Waals surface area contributed by atoms with Gasteiger partial charge in [0.05, 0.1) is 12.2 Å². The SMILES string of the molecule is CCc1c(C(=O)CON=C(N)CN2CCCCC2C)[nH]c(C)c1C(C)=O. The topological polar surface area (TPSA) is 101 Å². The first-order chi connectivity index (χ1) is 12.3. The van der Waals surface area contributed by atoms with Gasteiger partial charge in [-0.15, -0.1) is 0 Å². The number of aryl methyl sites for hydroxylation is 1. The maximum absolute atomic E-state index is 12.4. The molecule has 1 aromatic rings. The van der Waals surface area contributed by atoms with E-state index < -0.39 is 0 Å². The van der Waals surface area contributed by atoms with Crippen molar-refractivity contribution in [1.29, 1.82) is 0 Å². The maximum Gasteiger partial charge on any atom is 0.219 e. The van der Waals surface area contributed by atoms with E-state index in [-0.39, 0.29) is 18.2 Å². The van der Waals surface area contributed by atoms with Crippen molar-refractivity contribution in [2.24, 2.45) is 10.9 Å². The molecule has 2 heterocycles. The number of carbonyl (C=O) groups is 2. The Morgan fingerprint density at radius 2 is 2.12 bits per heavy atom. The number of amidine groups is 1. The highest BCUT2D eigenvalue weighted by molar-refractivity contribution is 6.03. The van der Waals surface area contributed by atoms with E-state index in [0.717, 1.165) is 18.5 Å². The Bertz CT molecular complexity index is 693. The van der Waals surface area contributed by atoms with Crippen molar-refractivity contribution in [3.8, 4) is 0 Å². The fourth-order valence-electron chi connectivity index (χ4n) is 3.62. The smallest absolute Gasteiger partial charge is 0.219 e. The zero-order valence-corrected chi connectivity index (χ0v) is 16.2. The van der Waals surface area contributed by atoms with E-state index in [1.807, 2.05) is 6.92 Å². The third-order valence-corrected chi connectivity index (χ3v) is 4.96. The van der Waals surface area contributed by atoms with Crippen LogP contribution in [0.4, 0.5) is 0 Å². The van der Waals surface area contributed by atoms with Crippen molar-refractivity contribution in [2.75, 3.05) is 19.7 Å². The number of Topliss-reactive ketones (excluding diaryl/α,β-unsaturated/α-hetero) is 2. The first-order valence-electron chi connectivity index (χ1n) is 9.29. The molecule has 7 nitrogen and oxygen atoms in total. The Morgan fingerprint density at radius 3 is 2.73 bits per heavy atom. The Balaban J connectivity index is 1.96. The van der Waals surface area contributed by atoms with Gasteiger partial charge in [0.2, 0.25) is 5.78 Å². The first-order valence-corrected chi connectivity index (χ1v) is 9.29. The minimum atomic E-state index is -0.236. The molecule has 1 unspecified atom stereocenters. The van der Waals surface area contributed by atoms with E-state index in [4.69, 9.17) is 10.6 Å². The molecule has 0 bridgehead atoms. The largest absolute Gasteiger partial charge is 0.386 e. The molecule has 0 saturated carbocycles. The number of aromatic amines is 1. The van der Waals surface area contributed by atoms with E-state index in [9.17, 15) is 9.59 Å². The van der Waals surface area contributed by atoms with E-state index in [1.54, 1.807) is 6.92 Å². The van der Waals surface area contributed by atoms with Gasteiger partial charge in [0.1, 0.15) is 0 Å². The van der Waals surface area contributed by atoms with Crippen LogP contribution in [-0.2, 0) is 11.3 Å². The van der Waals surface area contributed by atoms with E-state index >= 15 is 0 Å². The summed E-state index contributed by atoms with van der Waals surface area (Å²) in [6.45, 7) is 8.75. The molecule has 0 aromatic carbocycles. The van der Waals surface area contributed by atoms with Gasteiger partial charge in [-0.3, -0.25) is 14.5 Å². The van der Waals surface area contributed by atoms with Crippen molar-refractivity contribution >= 4 is 17.4 Å². The molecule has 3 N–H and O–H groups in total. The number of H-pyrrole nitrogens is 1. The van der Waals surface area contributed by atoms with Gasteiger partial charge in [-0.1, -0.05) is 18.5 Å². The quantitative estimate of drug-likeness (QED) is 0.320. The highest BCUT2D eigenvalue weighted by atomic mass is 16.6. The highest BCUT2D eigenvalue weighted by Gasteiger charge is 2.22.